The number of methoxy groups -OCH3 is 1. The number of nitrogens with one attached hydrogen (secondary N) is 1. The maximum absolute atomic E-state index is 12.9. The molecule has 0 radical (unpaired) electrons. The van der Waals surface area contributed by atoms with Gasteiger partial charge in [0, 0.05) is 37.0 Å². The van der Waals surface area contributed by atoms with Crippen LogP contribution in [0.2, 0.25) is 0 Å². The Bertz CT molecular complexity index is 1070. The van der Waals surface area contributed by atoms with Crippen LogP contribution in [0.4, 0.5) is 5.69 Å². The summed E-state index contributed by atoms with van der Waals surface area (Å²) in [6.45, 7) is 8.63. The number of carbonyl (C=O) groups is 1. The zero-order valence-corrected chi connectivity index (χ0v) is 20.8. The number of hydrogen-bond donors (Lipinski definition) is 1. The summed E-state index contributed by atoms with van der Waals surface area (Å²) in [4.78, 5) is 15.2. The van der Waals surface area contributed by atoms with Crippen molar-refractivity contribution >= 4 is 21.6 Å². The van der Waals surface area contributed by atoms with Gasteiger partial charge in [0.25, 0.3) is 5.91 Å². The molecule has 2 aromatic rings. The largest absolute Gasteiger partial charge is 0.493 e. The second-order valence-electron chi connectivity index (χ2n) is 7.74. The lowest BCUT2D eigenvalue weighted by molar-refractivity contribution is 0.0730. The molecule has 0 saturated carbocycles. The summed E-state index contributed by atoms with van der Waals surface area (Å²) in [5.74, 6) is 0.672. The van der Waals surface area contributed by atoms with Gasteiger partial charge >= 0.3 is 0 Å². The molecular formula is C24H33N3O6S. The average Bonchev–Trinajstić information content (AvgIpc) is 2.87. The fourth-order valence-corrected chi connectivity index (χ4v) is 5.08. The van der Waals surface area contributed by atoms with E-state index in [0.717, 1.165) is 19.6 Å². The maximum atomic E-state index is 12.9. The molecule has 1 heterocycles. The third-order valence-corrected chi connectivity index (χ3v) is 7.58. The third-order valence-electron chi connectivity index (χ3n) is 5.69. The molecular weight excluding hydrogens is 458 g/mol. The van der Waals surface area contributed by atoms with Crippen LogP contribution in [0, 0.1) is 0 Å². The molecule has 9 nitrogen and oxygen atoms in total. The summed E-state index contributed by atoms with van der Waals surface area (Å²) in [5, 5.41) is 2.82. The molecule has 0 spiro atoms. The first-order valence-corrected chi connectivity index (χ1v) is 12.9. The van der Waals surface area contributed by atoms with Gasteiger partial charge in [-0.1, -0.05) is 19.9 Å². The summed E-state index contributed by atoms with van der Waals surface area (Å²) >= 11 is 0. The van der Waals surface area contributed by atoms with Crippen LogP contribution in [0.15, 0.2) is 47.4 Å². The average molecular weight is 492 g/mol. The van der Waals surface area contributed by atoms with Gasteiger partial charge < -0.3 is 24.4 Å². The third kappa shape index (κ3) is 6.47. The van der Waals surface area contributed by atoms with Gasteiger partial charge in [0.15, 0.2) is 11.5 Å². The monoisotopic (exact) mass is 491 g/mol. The predicted molar refractivity (Wildman–Crippen MR) is 130 cm³/mol. The number of nitrogens with zero attached hydrogens (tertiary/aromatic N) is 2. The predicted octanol–water partition coefficient (Wildman–Crippen LogP) is 2.69. The molecule has 3 rings (SSSR count). The van der Waals surface area contributed by atoms with Crippen molar-refractivity contribution in [3.63, 3.8) is 0 Å². The number of anilines is 1. The molecule has 0 bridgehead atoms. The van der Waals surface area contributed by atoms with Gasteiger partial charge in [0.1, 0.15) is 6.61 Å². The summed E-state index contributed by atoms with van der Waals surface area (Å²) in [5.41, 5.74) is 0.763. The van der Waals surface area contributed by atoms with Crippen molar-refractivity contribution in [2.24, 2.45) is 0 Å². The summed E-state index contributed by atoms with van der Waals surface area (Å²) in [6, 6.07) is 11.2. The standard InChI is InChI=1S/C24H33N3O6S/c1-4-26(5-2)11-16-33-23-18-20(9-10-22(23)31-3)25-24(28)19-7-6-8-21(17-19)34(29,30)27-12-14-32-15-13-27/h6-10,17-18H,4-5,11-16H2,1-3H3,(H,25,28). The van der Waals surface area contributed by atoms with E-state index < -0.39 is 15.9 Å². The molecule has 1 aliphatic rings. The van der Waals surface area contributed by atoms with Crippen LogP contribution in [0.1, 0.15) is 24.2 Å². The van der Waals surface area contributed by atoms with E-state index in [4.69, 9.17) is 14.2 Å². The van der Waals surface area contributed by atoms with Crippen molar-refractivity contribution in [1.82, 2.24) is 9.21 Å². The molecule has 0 atom stereocenters. The molecule has 0 aromatic heterocycles. The maximum Gasteiger partial charge on any atom is 0.255 e. The minimum Gasteiger partial charge on any atom is -0.493 e. The molecule has 1 amide bonds. The Morgan fingerprint density at radius 3 is 2.50 bits per heavy atom. The van der Waals surface area contributed by atoms with Crippen LogP contribution in [-0.4, -0.2) is 83.2 Å². The quantitative estimate of drug-likeness (QED) is 0.516. The first-order chi connectivity index (χ1) is 16.4. The number of rotatable bonds is 11. The van der Waals surface area contributed by atoms with Crippen molar-refractivity contribution in [2.45, 2.75) is 18.7 Å². The van der Waals surface area contributed by atoms with Crippen LogP contribution in [-0.2, 0) is 14.8 Å². The van der Waals surface area contributed by atoms with Crippen LogP contribution in [0.25, 0.3) is 0 Å². The lowest BCUT2D eigenvalue weighted by Crippen LogP contribution is -2.40. The first-order valence-electron chi connectivity index (χ1n) is 11.4. The number of sulfonamides is 1. The van der Waals surface area contributed by atoms with Crippen molar-refractivity contribution in [2.75, 3.05) is 65.0 Å². The van der Waals surface area contributed by atoms with E-state index in [1.165, 1.54) is 16.4 Å². The zero-order chi connectivity index (χ0) is 24.6. The van der Waals surface area contributed by atoms with Crippen molar-refractivity contribution in [1.29, 1.82) is 0 Å². The Hall–Kier alpha value is -2.66. The van der Waals surface area contributed by atoms with Gasteiger partial charge in [-0.15, -0.1) is 0 Å². The highest BCUT2D eigenvalue weighted by Gasteiger charge is 2.27. The molecule has 0 unspecified atom stereocenters. The number of benzene rings is 2. The van der Waals surface area contributed by atoms with Gasteiger partial charge in [0.2, 0.25) is 10.0 Å². The summed E-state index contributed by atoms with van der Waals surface area (Å²) in [6.07, 6.45) is 0. The van der Waals surface area contributed by atoms with Gasteiger partial charge in [-0.25, -0.2) is 8.42 Å². The minimum absolute atomic E-state index is 0.0807. The summed E-state index contributed by atoms with van der Waals surface area (Å²) < 4.78 is 43.8. The smallest absolute Gasteiger partial charge is 0.255 e. The van der Waals surface area contributed by atoms with Crippen LogP contribution in [0.3, 0.4) is 0 Å². The number of hydrogen-bond acceptors (Lipinski definition) is 7. The number of likely N-dealkylation sites (N-methyl/N-ethyl adjacent to an activating group) is 1. The van der Waals surface area contributed by atoms with E-state index in [-0.39, 0.29) is 10.5 Å². The lowest BCUT2D eigenvalue weighted by atomic mass is 10.2. The molecule has 1 saturated heterocycles. The minimum atomic E-state index is -3.70. The highest BCUT2D eigenvalue weighted by Crippen LogP contribution is 2.30. The van der Waals surface area contributed by atoms with E-state index in [1.54, 1.807) is 37.4 Å². The van der Waals surface area contributed by atoms with E-state index >= 15 is 0 Å². The Balaban J connectivity index is 1.72. The topological polar surface area (TPSA) is 97.4 Å². The van der Waals surface area contributed by atoms with E-state index in [9.17, 15) is 13.2 Å². The van der Waals surface area contributed by atoms with Gasteiger partial charge in [-0.3, -0.25) is 4.79 Å². The zero-order valence-electron chi connectivity index (χ0n) is 20.0. The molecule has 34 heavy (non-hydrogen) atoms. The van der Waals surface area contributed by atoms with Crippen molar-refractivity contribution < 1.29 is 27.4 Å². The fraction of sp³-hybridized carbons (Fsp3) is 0.458. The second-order valence-corrected chi connectivity index (χ2v) is 9.68. The SMILES string of the molecule is CCN(CC)CCOc1cc(NC(=O)c2cccc(S(=O)(=O)N3CCOCC3)c2)ccc1OC. The highest BCUT2D eigenvalue weighted by atomic mass is 32.2. The van der Waals surface area contributed by atoms with Gasteiger partial charge in [-0.2, -0.15) is 4.31 Å². The molecule has 10 heteroatoms. The molecule has 0 aliphatic carbocycles. The van der Waals surface area contributed by atoms with E-state index in [0.29, 0.717) is 50.1 Å². The van der Waals surface area contributed by atoms with Crippen LogP contribution < -0.4 is 14.8 Å². The molecule has 186 valence electrons. The summed E-state index contributed by atoms with van der Waals surface area (Å²) in [7, 11) is -2.13. The number of morpholine rings is 1. The first kappa shape index (κ1) is 26.0. The van der Waals surface area contributed by atoms with Crippen LogP contribution >= 0.6 is 0 Å². The molecule has 2 aromatic carbocycles. The number of carbonyl (C=O) groups excluding carboxylic acids is 1. The molecule has 1 aliphatic heterocycles. The van der Waals surface area contributed by atoms with Crippen molar-refractivity contribution in [3.05, 3.63) is 48.0 Å². The highest BCUT2D eigenvalue weighted by molar-refractivity contribution is 7.89. The Kier molecular flexibility index (Phi) is 9.28. The van der Waals surface area contributed by atoms with Crippen molar-refractivity contribution in [3.8, 4) is 11.5 Å². The molecule has 1 fully saturated rings. The second kappa shape index (κ2) is 12.2. The Morgan fingerprint density at radius 2 is 1.82 bits per heavy atom. The Morgan fingerprint density at radius 1 is 1.09 bits per heavy atom. The lowest BCUT2D eigenvalue weighted by Gasteiger charge is -2.26. The number of ether oxygens (including phenoxy) is 3. The fourth-order valence-electron chi connectivity index (χ4n) is 3.63. The normalized spacial score (nSPS) is 14.7. The van der Waals surface area contributed by atoms with Crippen LogP contribution in [0.5, 0.6) is 11.5 Å². The Labute approximate surface area is 201 Å². The number of amides is 1. The molecule has 1 N–H and O–H groups in total. The van der Waals surface area contributed by atoms with E-state index in [1.807, 2.05) is 0 Å². The van der Waals surface area contributed by atoms with Gasteiger partial charge in [-0.05, 0) is 43.4 Å². The van der Waals surface area contributed by atoms with Gasteiger partial charge in [0.05, 0.1) is 25.2 Å². The van der Waals surface area contributed by atoms with E-state index in [2.05, 4.69) is 24.1 Å².